The molecule has 1 fully saturated rings. The highest BCUT2D eigenvalue weighted by molar-refractivity contribution is 5.87. The Hall–Kier alpha value is -2.86. The molecule has 0 spiro atoms. The van der Waals surface area contributed by atoms with Crippen molar-refractivity contribution in [1.82, 2.24) is 16.2 Å². The summed E-state index contributed by atoms with van der Waals surface area (Å²) in [7, 11) is 0. The molecule has 0 radical (unpaired) electrons. The third-order valence-electron chi connectivity index (χ3n) is 4.07. The smallest absolute Gasteiger partial charge is 0.409 e. The van der Waals surface area contributed by atoms with E-state index in [0.717, 1.165) is 11.1 Å². The van der Waals surface area contributed by atoms with Crippen molar-refractivity contribution in [2.24, 2.45) is 0 Å². The third kappa shape index (κ3) is 3.23. The predicted molar refractivity (Wildman–Crippen MR) is 88.9 cm³/mol. The minimum atomic E-state index is -0.963. The molecular formula is C18H19N3O3. The number of nitrogens with one attached hydrogen (secondary N) is 3. The summed E-state index contributed by atoms with van der Waals surface area (Å²) in [6.45, 7) is 2.16. The van der Waals surface area contributed by atoms with E-state index in [4.69, 9.17) is 4.74 Å². The first-order valence-electron chi connectivity index (χ1n) is 7.73. The number of hydrogen-bond donors (Lipinski definition) is 3. The fraction of sp³-hybridized carbons (Fsp3) is 0.222. The van der Waals surface area contributed by atoms with Crippen molar-refractivity contribution in [2.45, 2.75) is 18.6 Å². The van der Waals surface area contributed by atoms with Crippen LogP contribution >= 0.6 is 0 Å². The van der Waals surface area contributed by atoms with Crippen LogP contribution in [0.15, 0.2) is 60.7 Å². The molecule has 0 aromatic heterocycles. The summed E-state index contributed by atoms with van der Waals surface area (Å²) in [5.74, 6) is -0.284. The predicted octanol–water partition coefficient (Wildman–Crippen LogP) is 1.68. The molecule has 1 saturated heterocycles. The lowest BCUT2D eigenvalue weighted by atomic mass is 9.88. The molecule has 24 heavy (non-hydrogen) atoms. The minimum Gasteiger partial charge on any atom is -0.433 e. The summed E-state index contributed by atoms with van der Waals surface area (Å²) < 4.78 is 5.76. The van der Waals surface area contributed by atoms with E-state index in [1.807, 2.05) is 67.6 Å². The van der Waals surface area contributed by atoms with Crippen LogP contribution in [0.4, 0.5) is 4.79 Å². The molecule has 2 amide bonds. The highest BCUT2D eigenvalue weighted by atomic mass is 16.6. The quantitative estimate of drug-likeness (QED) is 0.799. The summed E-state index contributed by atoms with van der Waals surface area (Å²) in [6.07, 6.45) is -0.644. The van der Waals surface area contributed by atoms with Gasteiger partial charge in [-0.2, -0.15) is 0 Å². The first-order valence-corrected chi connectivity index (χ1v) is 7.73. The summed E-state index contributed by atoms with van der Waals surface area (Å²) in [4.78, 5) is 23.9. The number of carbonyl (C=O) groups is 2. The van der Waals surface area contributed by atoms with Gasteiger partial charge in [-0.3, -0.25) is 10.2 Å². The fourth-order valence-corrected chi connectivity index (χ4v) is 2.69. The molecule has 6 heteroatoms. The van der Waals surface area contributed by atoms with E-state index in [2.05, 4.69) is 16.2 Å². The van der Waals surface area contributed by atoms with Gasteiger partial charge in [0.25, 0.3) is 5.91 Å². The van der Waals surface area contributed by atoms with Gasteiger partial charge in [-0.05, 0) is 18.1 Å². The Balaban J connectivity index is 1.85. The Kier molecular flexibility index (Phi) is 4.48. The van der Waals surface area contributed by atoms with Gasteiger partial charge in [-0.25, -0.2) is 10.2 Å². The second-order valence-electron chi connectivity index (χ2n) is 5.72. The minimum absolute atomic E-state index is 0.284. The van der Waals surface area contributed by atoms with Crippen molar-refractivity contribution in [3.8, 4) is 0 Å². The molecule has 3 N–H and O–H groups in total. The van der Waals surface area contributed by atoms with Gasteiger partial charge >= 0.3 is 6.09 Å². The number of benzene rings is 2. The van der Waals surface area contributed by atoms with Crippen molar-refractivity contribution in [1.29, 1.82) is 0 Å². The van der Waals surface area contributed by atoms with Gasteiger partial charge in [0.2, 0.25) is 0 Å². The Bertz CT molecular complexity index is 679. The maximum absolute atomic E-state index is 12.4. The molecular weight excluding hydrogens is 306 g/mol. The molecule has 6 nitrogen and oxygen atoms in total. The zero-order valence-corrected chi connectivity index (χ0v) is 13.3. The highest BCUT2D eigenvalue weighted by Gasteiger charge is 2.35. The lowest BCUT2D eigenvalue weighted by Crippen LogP contribution is -2.45. The van der Waals surface area contributed by atoms with E-state index in [-0.39, 0.29) is 5.91 Å². The van der Waals surface area contributed by atoms with Crippen LogP contribution in [0.25, 0.3) is 0 Å². The average molecular weight is 325 g/mol. The van der Waals surface area contributed by atoms with E-state index in [1.54, 1.807) is 0 Å². The van der Waals surface area contributed by atoms with E-state index < -0.39 is 17.7 Å². The lowest BCUT2D eigenvalue weighted by molar-refractivity contribution is -0.121. The van der Waals surface area contributed by atoms with Gasteiger partial charge in [-0.15, -0.1) is 0 Å². The maximum atomic E-state index is 12.4. The van der Waals surface area contributed by atoms with Gasteiger partial charge in [-0.1, -0.05) is 60.7 Å². The summed E-state index contributed by atoms with van der Waals surface area (Å²) >= 11 is 0. The molecule has 3 rings (SSSR count). The number of hydrazine groups is 1. The van der Waals surface area contributed by atoms with Gasteiger partial charge in [0.05, 0.1) is 0 Å². The van der Waals surface area contributed by atoms with E-state index in [1.165, 1.54) is 0 Å². The zero-order chi connectivity index (χ0) is 17.0. The Morgan fingerprint density at radius 3 is 2.08 bits per heavy atom. The second kappa shape index (κ2) is 6.72. The number of rotatable bonds is 4. The fourth-order valence-electron chi connectivity index (χ4n) is 2.69. The lowest BCUT2D eigenvalue weighted by Gasteiger charge is -2.31. The number of hydrogen-bond acceptors (Lipinski definition) is 4. The summed E-state index contributed by atoms with van der Waals surface area (Å²) in [5, 5.41) is 2.59. The molecule has 0 bridgehead atoms. The molecule has 124 valence electrons. The van der Waals surface area contributed by atoms with Crippen LogP contribution in [0.3, 0.4) is 0 Å². The van der Waals surface area contributed by atoms with Crippen LogP contribution in [0, 0.1) is 0 Å². The van der Waals surface area contributed by atoms with Crippen molar-refractivity contribution in [3.63, 3.8) is 0 Å². The molecule has 0 saturated carbocycles. The first kappa shape index (κ1) is 16.0. The van der Waals surface area contributed by atoms with Crippen LogP contribution < -0.4 is 16.2 Å². The zero-order valence-electron chi connectivity index (χ0n) is 13.3. The Morgan fingerprint density at radius 1 is 1.08 bits per heavy atom. The van der Waals surface area contributed by atoms with Crippen LogP contribution in [-0.2, 0) is 15.1 Å². The molecule has 2 aromatic carbocycles. The maximum Gasteiger partial charge on any atom is 0.409 e. The summed E-state index contributed by atoms with van der Waals surface area (Å²) in [5.41, 5.74) is 5.86. The van der Waals surface area contributed by atoms with E-state index in [9.17, 15) is 9.59 Å². The monoisotopic (exact) mass is 325 g/mol. The number of alkyl carbamates (subject to hydrolysis) is 1. The molecule has 1 aliphatic heterocycles. The van der Waals surface area contributed by atoms with Crippen molar-refractivity contribution < 1.29 is 14.3 Å². The molecule has 0 aliphatic carbocycles. The van der Waals surface area contributed by atoms with Gasteiger partial charge in [0.1, 0.15) is 6.04 Å². The highest BCUT2D eigenvalue weighted by Crippen LogP contribution is 2.33. The van der Waals surface area contributed by atoms with Gasteiger partial charge in [0, 0.05) is 6.54 Å². The third-order valence-corrected chi connectivity index (χ3v) is 4.07. The van der Waals surface area contributed by atoms with Crippen molar-refractivity contribution in [2.75, 3.05) is 6.54 Å². The molecule has 1 aliphatic rings. The van der Waals surface area contributed by atoms with Gasteiger partial charge < -0.3 is 10.1 Å². The van der Waals surface area contributed by atoms with Crippen molar-refractivity contribution >= 4 is 12.0 Å². The molecule has 1 heterocycles. The normalized spacial score (nSPS) is 17.2. The first-order chi connectivity index (χ1) is 11.6. The Morgan fingerprint density at radius 2 is 1.62 bits per heavy atom. The van der Waals surface area contributed by atoms with E-state index in [0.29, 0.717) is 6.54 Å². The Labute approximate surface area is 140 Å². The van der Waals surface area contributed by atoms with Crippen LogP contribution in [0.2, 0.25) is 0 Å². The van der Waals surface area contributed by atoms with Crippen LogP contribution in [-0.4, -0.2) is 24.6 Å². The van der Waals surface area contributed by atoms with Crippen LogP contribution in [0.5, 0.6) is 0 Å². The standard InChI is InChI=1S/C18H19N3O3/c1-18(13-8-4-2-5-9-13,14-10-6-3-7-11-14)24-17(23)20-15-12-19-21-16(15)22/h2-11,15,19H,12H2,1H3,(H,20,23)(H,21,22)/t15-/m1/s1. The second-order valence-corrected chi connectivity index (χ2v) is 5.72. The topological polar surface area (TPSA) is 79.5 Å². The molecule has 0 unspecified atom stereocenters. The summed E-state index contributed by atoms with van der Waals surface area (Å²) in [6, 6.07) is 18.4. The SMILES string of the molecule is CC(OC(=O)N[C@@H]1CNNC1=O)(c1ccccc1)c1ccccc1. The average Bonchev–Trinajstić information content (AvgIpc) is 3.01. The van der Waals surface area contributed by atoms with Crippen molar-refractivity contribution in [3.05, 3.63) is 71.8 Å². The number of amides is 2. The molecule has 2 aromatic rings. The largest absolute Gasteiger partial charge is 0.433 e. The number of ether oxygens (including phenoxy) is 1. The molecule has 1 atom stereocenters. The van der Waals surface area contributed by atoms with Crippen LogP contribution in [0.1, 0.15) is 18.1 Å². The van der Waals surface area contributed by atoms with E-state index >= 15 is 0 Å². The van der Waals surface area contributed by atoms with Gasteiger partial charge in [0.15, 0.2) is 5.60 Å². The number of carbonyl (C=O) groups excluding carboxylic acids is 2.